The zero-order chi connectivity index (χ0) is 10.2. The van der Waals surface area contributed by atoms with Gasteiger partial charge in [-0.1, -0.05) is 12.1 Å². The van der Waals surface area contributed by atoms with Gasteiger partial charge in [-0.05, 0) is 26.3 Å². The van der Waals surface area contributed by atoms with E-state index in [-0.39, 0.29) is 5.60 Å². The molecular weight excluding hydrogens is 174 g/mol. The van der Waals surface area contributed by atoms with E-state index in [4.69, 9.17) is 10.00 Å². The second-order valence-electron chi connectivity index (χ2n) is 4.01. The molecule has 1 aliphatic rings. The van der Waals surface area contributed by atoms with Crippen LogP contribution in [-0.4, -0.2) is 5.60 Å². The molecule has 0 unspecified atom stereocenters. The lowest BCUT2D eigenvalue weighted by Gasteiger charge is -2.32. The molecule has 1 aliphatic heterocycles. The number of benzene rings is 1. The normalized spacial score (nSPS) is 17.8. The number of para-hydroxylation sites is 1. The van der Waals surface area contributed by atoms with Crippen LogP contribution in [0.2, 0.25) is 0 Å². The third-order valence-corrected chi connectivity index (χ3v) is 2.22. The molecule has 0 N–H and O–H groups in total. The Balaban J connectivity index is 2.49. The summed E-state index contributed by atoms with van der Waals surface area (Å²) >= 11 is 0. The smallest absolute Gasteiger partial charge is 0.141 e. The van der Waals surface area contributed by atoms with Crippen LogP contribution in [0, 0.1) is 17.8 Å². The molecule has 0 saturated heterocycles. The van der Waals surface area contributed by atoms with E-state index in [1.165, 1.54) is 0 Å². The number of rotatable bonds is 0. The Bertz CT molecular complexity index is 401. The van der Waals surface area contributed by atoms with Gasteiger partial charge in [-0.15, -0.1) is 0 Å². The Labute approximate surface area is 84.1 Å². The Morgan fingerprint density at radius 3 is 3.00 bits per heavy atom. The molecule has 0 aliphatic carbocycles. The third-order valence-electron chi connectivity index (χ3n) is 2.22. The third kappa shape index (κ3) is 1.46. The molecule has 2 nitrogen and oxygen atoms in total. The lowest BCUT2D eigenvalue weighted by atomic mass is 9.93. The van der Waals surface area contributed by atoms with Gasteiger partial charge in [0.2, 0.25) is 0 Å². The van der Waals surface area contributed by atoms with Crippen LogP contribution in [0.15, 0.2) is 18.2 Å². The molecule has 1 heterocycles. The van der Waals surface area contributed by atoms with Crippen molar-refractivity contribution in [1.29, 1.82) is 5.26 Å². The molecule has 0 atom stereocenters. The highest BCUT2D eigenvalue weighted by Crippen LogP contribution is 2.36. The SMILES string of the molecule is CC1(C)C[C]c2cccc(C#N)c2O1. The first-order valence-corrected chi connectivity index (χ1v) is 4.58. The standard InChI is InChI=1S/C12H11NO/c1-12(2)7-6-9-4-3-5-10(8-13)11(9)14-12/h3-5H,7H2,1-2H3. The van der Waals surface area contributed by atoms with Gasteiger partial charge in [0.15, 0.2) is 0 Å². The highest BCUT2D eigenvalue weighted by molar-refractivity contribution is 5.52. The maximum absolute atomic E-state index is 8.91. The average Bonchev–Trinajstić information content (AvgIpc) is 2.15. The lowest BCUT2D eigenvalue weighted by Crippen LogP contribution is -2.32. The maximum Gasteiger partial charge on any atom is 0.141 e. The molecule has 2 rings (SSSR count). The highest BCUT2D eigenvalue weighted by Gasteiger charge is 2.28. The zero-order valence-corrected chi connectivity index (χ0v) is 8.29. The lowest BCUT2D eigenvalue weighted by molar-refractivity contribution is 0.0983. The topological polar surface area (TPSA) is 33.0 Å². The van der Waals surface area contributed by atoms with Gasteiger partial charge in [0.25, 0.3) is 0 Å². The number of hydrogen-bond donors (Lipinski definition) is 0. The minimum Gasteiger partial charge on any atom is -0.486 e. The van der Waals surface area contributed by atoms with Crippen molar-refractivity contribution in [2.45, 2.75) is 25.9 Å². The van der Waals surface area contributed by atoms with Crippen molar-refractivity contribution in [2.24, 2.45) is 0 Å². The summed E-state index contributed by atoms with van der Waals surface area (Å²) in [5.41, 5.74) is 1.24. The molecule has 70 valence electrons. The van der Waals surface area contributed by atoms with Gasteiger partial charge in [0.1, 0.15) is 17.4 Å². The quantitative estimate of drug-likeness (QED) is 0.622. The summed E-state index contributed by atoms with van der Waals surface area (Å²) in [6.07, 6.45) is 4.01. The Morgan fingerprint density at radius 1 is 1.50 bits per heavy atom. The minimum atomic E-state index is -0.250. The van der Waals surface area contributed by atoms with Crippen molar-refractivity contribution in [3.63, 3.8) is 0 Å². The molecule has 0 spiro atoms. The van der Waals surface area contributed by atoms with E-state index in [2.05, 4.69) is 12.5 Å². The summed E-state index contributed by atoms with van der Waals surface area (Å²) in [5.74, 6) is 0.672. The van der Waals surface area contributed by atoms with Gasteiger partial charge < -0.3 is 4.74 Å². The van der Waals surface area contributed by atoms with Crippen LogP contribution in [-0.2, 0) is 0 Å². The first kappa shape index (κ1) is 9.08. The molecule has 1 aromatic carbocycles. The van der Waals surface area contributed by atoms with Gasteiger partial charge in [-0.3, -0.25) is 0 Å². The molecular formula is C12H11NO. The average molecular weight is 185 g/mol. The van der Waals surface area contributed by atoms with Crippen molar-refractivity contribution in [2.75, 3.05) is 0 Å². The van der Waals surface area contributed by atoms with Gasteiger partial charge in [-0.2, -0.15) is 5.26 Å². The molecule has 0 aromatic heterocycles. The van der Waals surface area contributed by atoms with Crippen LogP contribution >= 0.6 is 0 Å². The second kappa shape index (κ2) is 3.02. The molecule has 2 radical (unpaired) electrons. The van der Waals surface area contributed by atoms with E-state index in [1.807, 2.05) is 26.0 Å². The predicted octanol–water partition coefficient (Wildman–Crippen LogP) is 2.55. The van der Waals surface area contributed by atoms with Crippen LogP contribution in [0.25, 0.3) is 0 Å². The van der Waals surface area contributed by atoms with Gasteiger partial charge >= 0.3 is 0 Å². The molecule has 0 amide bonds. The first-order valence-electron chi connectivity index (χ1n) is 4.58. The predicted molar refractivity (Wildman–Crippen MR) is 52.8 cm³/mol. The number of fused-ring (bicyclic) bond motifs is 1. The highest BCUT2D eigenvalue weighted by atomic mass is 16.5. The minimum absolute atomic E-state index is 0.250. The van der Waals surface area contributed by atoms with Crippen molar-refractivity contribution >= 4 is 0 Å². The molecule has 0 bridgehead atoms. The van der Waals surface area contributed by atoms with E-state index < -0.39 is 0 Å². The van der Waals surface area contributed by atoms with Crippen molar-refractivity contribution in [1.82, 2.24) is 0 Å². The summed E-state index contributed by atoms with van der Waals surface area (Å²) in [7, 11) is 0. The molecule has 14 heavy (non-hydrogen) atoms. The maximum atomic E-state index is 8.91. The Morgan fingerprint density at radius 2 is 2.29 bits per heavy atom. The van der Waals surface area contributed by atoms with E-state index in [0.717, 1.165) is 12.0 Å². The van der Waals surface area contributed by atoms with Crippen LogP contribution in [0.3, 0.4) is 0 Å². The number of ether oxygens (including phenoxy) is 1. The van der Waals surface area contributed by atoms with Crippen LogP contribution in [0.1, 0.15) is 31.4 Å². The monoisotopic (exact) mass is 185 g/mol. The first-order chi connectivity index (χ1) is 6.62. The second-order valence-corrected chi connectivity index (χ2v) is 4.01. The number of nitriles is 1. The summed E-state index contributed by atoms with van der Waals surface area (Å²) < 4.78 is 5.76. The van der Waals surface area contributed by atoms with Crippen LogP contribution in [0.5, 0.6) is 5.75 Å². The molecule has 0 saturated carbocycles. The summed E-state index contributed by atoms with van der Waals surface area (Å²) in [6.45, 7) is 3.99. The van der Waals surface area contributed by atoms with E-state index >= 15 is 0 Å². The Hall–Kier alpha value is -1.49. The summed E-state index contributed by atoms with van der Waals surface area (Å²) in [6, 6.07) is 7.67. The van der Waals surface area contributed by atoms with Gasteiger partial charge in [0, 0.05) is 12.0 Å². The molecule has 0 fully saturated rings. The summed E-state index contributed by atoms with van der Waals surface area (Å²) in [4.78, 5) is 0. The molecule has 2 heteroatoms. The summed E-state index contributed by atoms with van der Waals surface area (Å²) in [5, 5.41) is 8.91. The number of hydrogen-bond acceptors (Lipinski definition) is 2. The Kier molecular flexibility index (Phi) is 1.96. The van der Waals surface area contributed by atoms with Crippen LogP contribution in [0.4, 0.5) is 0 Å². The van der Waals surface area contributed by atoms with Gasteiger partial charge in [-0.25, -0.2) is 0 Å². The zero-order valence-electron chi connectivity index (χ0n) is 8.29. The van der Waals surface area contributed by atoms with E-state index in [0.29, 0.717) is 11.3 Å². The molecule has 1 aromatic rings. The van der Waals surface area contributed by atoms with Crippen molar-refractivity contribution in [3.8, 4) is 11.8 Å². The number of nitrogens with zero attached hydrogens (tertiary/aromatic N) is 1. The fourth-order valence-electron chi connectivity index (χ4n) is 1.49. The van der Waals surface area contributed by atoms with Crippen molar-refractivity contribution in [3.05, 3.63) is 35.7 Å². The van der Waals surface area contributed by atoms with Crippen molar-refractivity contribution < 1.29 is 4.74 Å². The van der Waals surface area contributed by atoms with E-state index in [9.17, 15) is 0 Å². The van der Waals surface area contributed by atoms with Gasteiger partial charge in [0.05, 0.1) is 5.56 Å². The fraction of sp³-hybridized carbons (Fsp3) is 0.333. The van der Waals surface area contributed by atoms with Crippen LogP contribution < -0.4 is 4.74 Å². The fourth-order valence-corrected chi connectivity index (χ4v) is 1.49. The largest absolute Gasteiger partial charge is 0.486 e. The van der Waals surface area contributed by atoms with E-state index in [1.54, 1.807) is 6.07 Å².